The third kappa shape index (κ3) is 3.43. The molecule has 2 atom stereocenters. The Bertz CT molecular complexity index is 496. The average Bonchev–Trinajstić information content (AvgIpc) is 2.40. The Hall–Kier alpha value is -0.290. The highest BCUT2D eigenvalue weighted by Gasteiger charge is 2.28. The molecule has 0 bridgehead atoms. The van der Waals surface area contributed by atoms with Crippen molar-refractivity contribution in [2.75, 3.05) is 5.32 Å². The predicted octanol–water partition coefficient (Wildman–Crippen LogP) is 4.21. The van der Waals surface area contributed by atoms with Crippen LogP contribution < -0.4 is 11.1 Å². The van der Waals surface area contributed by atoms with Gasteiger partial charge in [-0.05, 0) is 40.9 Å². The molecule has 104 valence electrons. The molecule has 1 aliphatic rings. The molecule has 1 amide bonds. The molecule has 0 heterocycles. The number of nitrogens with two attached hydrogens (primary N) is 1. The van der Waals surface area contributed by atoms with E-state index in [9.17, 15) is 4.79 Å². The van der Waals surface area contributed by atoms with Crippen molar-refractivity contribution >= 4 is 50.7 Å². The third-order valence-electron chi connectivity index (χ3n) is 3.45. The van der Waals surface area contributed by atoms with Gasteiger partial charge in [-0.1, -0.05) is 36.0 Å². The minimum Gasteiger partial charge on any atom is -0.327 e. The first-order chi connectivity index (χ1) is 9.00. The second kappa shape index (κ2) is 6.44. The molecule has 1 fully saturated rings. The van der Waals surface area contributed by atoms with E-state index < -0.39 is 0 Å². The Labute approximate surface area is 131 Å². The van der Waals surface area contributed by atoms with Gasteiger partial charge in [0.05, 0.1) is 21.7 Å². The summed E-state index contributed by atoms with van der Waals surface area (Å²) < 4.78 is 0.700. The molecule has 1 aromatic carbocycles. The van der Waals surface area contributed by atoms with Crippen LogP contribution in [0.25, 0.3) is 0 Å². The molecule has 1 aromatic rings. The number of nitrogens with one attached hydrogen (secondary N) is 1. The standard InChI is InChI=1S/C13H15BrCl2N2O/c14-8-5-6-10(12(16)11(8)15)18-13(19)7-3-1-2-4-9(7)17/h5-7,9H,1-4,17H2,(H,18,19). The van der Waals surface area contributed by atoms with Gasteiger partial charge in [-0.3, -0.25) is 4.79 Å². The summed E-state index contributed by atoms with van der Waals surface area (Å²) in [7, 11) is 0. The van der Waals surface area contributed by atoms with Gasteiger partial charge in [-0.25, -0.2) is 0 Å². The summed E-state index contributed by atoms with van der Waals surface area (Å²) in [6.07, 6.45) is 3.86. The SMILES string of the molecule is NC1CCCCC1C(=O)Nc1ccc(Br)c(Cl)c1Cl. The van der Waals surface area contributed by atoms with E-state index in [1.807, 2.05) is 0 Å². The van der Waals surface area contributed by atoms with E-state index in [2.05, 4.69) is 21.2 Å². The highest BCUT2D eigenvalue weighted by atomic mass is 79.9. The second-order valence-corrected chi connectivity index (χ2v) is 6.38. The molecule has 1 saturated carbocycles. The van der Waals surface area contributed by atoms with E-state index in [1.165, 1.54) is 0 Å². The zero-order valence-electron chi connectivity index (χ0n) is 10.3. The van der Waals surface area contributed by atoms with Crippen LogP contribution >= 0.6 is 39.1 Å². The van der Waals surface area contributed by atoms with Gasteiger partial charge in [0.1, 0.15) is 0 Å². The van der Waals surface area contributed by atoms with Gasteiger partial charge in [0, 0.05) is 10.5 Å². The zero-order chi connectivity index (χ0) is 14.0. The van der Waals surface area contributed by atoms with Crippen molar-refractivity contribution in [1.82, 2.24) is 0 Å². The summed E-state index contributed by atoms with van der Waals surface area (Å²) in [6, 6.07) is 3.41. The number of rotatable bonds is 2. The van der Waals surface area contributed by atoms with Crippen LogP contribution in [0, 0.1) is 5.92 Å². The molecule has 2 rings (SSSR count). The number of halogens is 3. The van der Waals surface area contributed by atoms with Gasteiger partial charge in [-0.2, -0.15) is 0 Å². The topological polar surface area (TPSA) is 55.1 Å². The van der Waals surface area contributed by atoms with E-state index >= 15 is 0 Å². The van der Waals surface area contributed by atoms with Crippen molar-refractivity contribution in [3.63, 3.8) is 0 Å². The molecule has 0 saturated heterocycles. The lowest BCUT2D eigenvalue weighted by atomic mass is 9.84. The van der Waals surface area contributed by atoms with Crippen LogP contribution in [0.15, 0.2) is 16.6 Å². The molecular formula is C13H15BrCl2N2O. The molecular weight excluding hydrogens is 351 g/mol. The Morgan fingerprint density at radius 2 is 1.95 bits per heavy atom. The minimum absolute atomic E-state index is 0.0709. The fourth-order valence-electron chi connectivity index (χ4n) is 2.33. The maximum absolute atomic E-state index is 12.2. The number of anilines is 1. The van der Waals surface area contributed by atoms with Gasteiger partial charge in [0.2, 0.25) is 5.91 Å². The monoisotopic (exact) mass is 364 g/mol. The first kappa shape index (κ1) is 15.1. The summed E-state index contributed by atoms with van der Waals surface area (Å²) in [6.45, 7) is 0. The molecule has 3 nitrogen and oxygen atoms in total. The first-order valence-corrected chi connectivity index (χ1v) is 7.75. The van der Waals surface area contributed by atoms with Crippen molar-refractivity contribution in [2.45, 2.75) is 31.7 Å². The molecule has 3 N–H and O–H groups in total. The number of hydrogen-bond donors (Lipinski definition) is 2. The van der Waals surface area contributed by atoms with Gasteiger partial charge in [-0.15, -0.1) is 0 Å². The summed E-state index contributed by atoms with van der Waals surface area (Å²) in [5.41, 5.74) is 6.52. The van der Waals surface area contributed by atoms with Gasteiger partial charge in [0.15, 0.2) is 0 Å². The molecule has 0 radical (unpaired) electrons. The molecule has 0 aromatic heterocycles. The van der Waals surface area contributed by atoms with Crippen molar-refractivity contribution in [1.29, 1.82) is 0 Å². The predicted molar refractivity (Wildman–Crippen MR) is 82.7 cm³/mol. The lowest BCUT2D eigenvalue weighted by molar-refractivity contribution is -0.121. The van der Waals surface area contributed by atoms with Crippen LogP contribution in [-0.2, 0) is 4.79 Å². The van der Waals surface area contributed by atoms with Gasteiger partial charge >= 0.3 is 0 Å². The normalized spacial score (nSPS) is 23.2. The largest absolute Gasteiger partial charge is 0.327 e. The minimum atomic E-state index is -0.146. The smallest absolute Gasteiger partial charge is 0.229 e. The summed E-state index contributed by atoms with van der Waals surface area (Å²) in [4.78, 5) is 12.2. The number of amides is 1. The van der Waals surface area contributed by atoms with Crippen molar-refractivity contribution in [2.24, 2.45) is 11.7 Å². The number of benzene rings is 1. The average molecular weight is 366 g/mol. The van der Waals surface area contributed by atoms with E-state index in [0.717, 1.165) is 25.7 Å². The van der Waals surface area contributed by atoms with Gasteiger partial charge in [0.25, 0.3) is 0 Å². The molecule has 2 unspecified atom stereocenters. The summed E-state index contributed by atoms with van der Waals surface area (Å²) in [5.74, 6) is -0.222. The van der Waals surface area contributed by atoms with E-state index in [1.54, 1.807) is 12.1 Å². The lowest BCUT2D eigenvalue weighted by Gasteiger charge is -2.27. The van der Waals surface area contributed by atoms with Crippen LogP contribution in [0.4, 0.5) is 5.69 Å². The molecule has 19 heavy (non-hydrogen) atoms. The third-order valence-corrected chi connectivity index (χ3v) is 5.22. The fraction of sp³-hybridized carbons (Fsp3) is 0.462. The quantitative estimate of drug-likeness (QED) is 0.771. The number of carbonyl (C=O) groups excluding carboxylic acids is 1. The molecule has 0 aliphatic heterocycles. The maximum Gasteiger partial charge on any atom is 0.229 e. The Morgan fingerprint density at radius 1 is 1.26 bits per heavy atom. The Morgan fingerprint density at radius 3 is 2.63 bits per heavy atom. The number of carbonyl (C=O) groups is 1. The number of hydrogen-bond acceptors (Lipinski definition) is 2. The zero-order valence-corrected chi connectivity index (χ0v) is 13.4. The lowest BCUT2D eigenvalue weighted by Crippen LogP contribution is -2.40. The molecule has 6 heteroatoms. The van der Waals surface area contributed by atoms with Gasteiger partial charge < -0.3 is 11.1 Å². The summed E-state index contributed by atoms with van der Waals surface area (Å²) >= 11 is 15.4. The first-order valence-electron chi connectivity index (χ1n) is 6.20. The van der Waals surface area contributed by atoms with Crippen LogP contribution in [0.3, 0.4) is 0 Å². The van der Waals surface area contributed by atoms with E-state index in [-0.39, 0.29) is 17.9 Å². The van der Waals surface area contributed by atoms with Crippen LogP contribution in [0.1, 0.15) is 25.7 Å². The van der Waals surface area contributed by atoms with E-state index in [4.69, 9.17) is 28.9 Å². The Balaban J connectivity index is 2.12. The highest BCUT2D eigenvalue weighted by molar-refractivity contribution is 9.10. The van der Waals surface area contributed by atoms with E-state index in [0.29, 0.717) is 20.2 Å². The van der Waals surface area contributed by atoms with Crippen molar-refractivity contribution < 1.29 is 4.79 Å². The van der Waals surface area contributed by atoms with Crippen molar-refractivity contribution in [3.05, 3.63) is 26.7 Å². The Kier molecular flexibility index (Phi) is 5.12. The van der Waals surface area contributed by atoms with Crippen LogP contribution in [0.5, 0.6) is 0 Å². The summed E-state index contributed by atoms with van der Waals surface area (Å²) in [5, 5.41) is 3.56. The molecule has 1 aliphatic carbocycles. The maximum atomic E-state index is 12.2. The molecule has 0 spiro atoms. The van der Waals surface area contributed by atoms with Crippen molar-refractivity contribution in [3.8, 4) is 0 Å². The fourth-order valence-corrected chi connectivity index (χ4v) is 3.15. The highest BCUT2D eigenvalue weighted by Crippen LogP contribution is 2.36. The van der Waals surface area contributed by atoms with Crippen LogP contribution in [0.2, 0.25) is 10.0 Å². The van der Waals surface area contributed by atoms with Crippen LogP contribution in [-0.4, -0.2) is 11.9 Å². The second-order valence-electron chi connectivity index (χ2n) is 4.77.